The monoisotopic (exact) mass is 362 g/mol. The molecule has 1 aliphatic heterocycles. The van der Waals surface area contributed by atoms with Crippen molar-refractivity contribution in [2.24, 2.45) is 5.92 Å². The van der Waals surface area contributed by atoms with Crippen molar-refractivity contribution in [3.05, 3.63) is 66.0 Å². The summed E-state index contributed by atoms with van der Waals surface area (Å²) in [6.07, 6.45) is 2.04. The van der Waals surface area contributed by atoms with Crippen molar-refractivity contribution >= 4 is 16.9 Å². The number of likely N-dealkylation sites (tertiary alicyclic amines) is 1. The highest BCUT2D eigenvalue weighted by atomic mass is 16.2. The summed E-state index contributed by atoms with van der Waals surface area (Å²) in [7, 11) is 1.88. The molecule has 0 bridgehead atoms. The van der Waals surface area contributed by atoms with Crippen molar-refractivity contribution in [3.63, 3.8) is 0 Å². The van der Waals surface area contributed by atoms with E-state index >= 15 is 0 Å². The quantitative estimate of drug-likeness (QED) is 0.756. The Labute approximate surface area is 160 Å². The Bertz CT molecular complexity index is 872. The van der Waals surface area contributed by atoms with E-state index in [9.17, 15) is 4.79 Å². The van der Waals surface area contributed by atoms with Gasteiger partial charge >= 0.3 is 0 Å². The molecule has 1 saturated heterocycles. The number of imidazole rings is 1. The molecule has 0 spiro atoms. The number of aromatic nitrogens is 2. The number of carbonyl (C=O) groups excluding carboxylic acids is 1. The average Bonchev–Trinajstić information content (AvgIpc) is 3.10. The summed E-state index contributed by atoms with van der Waals surface area (Å²) in [6, 6.07) is 18.5. The molecule has 1 N–H and O–H groups in total. The number of benzene rings is 2. The van der Waals surface area contributed by atoms with E-state index in [4.69, 9.17) is 0 Å². The number of aromatic amines is 1. The Morgan fingerprint density at radius 2 is 1.96 bits per heavy atom. The van der Waals surface area contributed by atoms with Gasteiger partial charge in [-0.3, -0.25) is 9.69 Å². The molecule has 1 aliphatic rings. The maximum absolute atomic E-state index is 13.0. The second-order valence-corrected chi connectivity index (χ2v) is 7.45. The van der Waals surface area contributed by atoms with Gasteiger partial charge in [-0.15, -0.1) is 0 Å². The fraction of sp³-hybridized carbons (Fsp3) is 0.364. The molecular formula is C22H26N4O. The SMILES string of the molecule is CN(Cc1nc2ccccc2[nH]1)C(=O)C1CCCN(Cc2ccccc2)C1. The fourth-order valence-corrected chi connectivity index (χ4v) is 3.94. The predicted molar refractivity (Wildman–Crippen MR) is 107 cm³/mol. The van der Waals surface area contributed by atoms with Crippen molar-refractivity contribution in [2.75, 3.05) is 20.1 Å². The first-order valence-electron chi connectivity index (χ1n) is 9.64. The van der Waals surface area contributed by atoms with Crippen LogP contribution in [0, 0.1) is 5.92 Å². The summed E-state index contributed by atoms with van der Waals surface area (Å²) in [6.45, 7) is 3.32. The van der Waals surface area contributed by atoms with Crippen LogP contribution in [0.4, 0.5) is 0 Å². The lowest BCUT2D eigenvalue weighted by Crippen LogP contribution is -2.43. The van der Waals surface area contributed by atoms with Gasteiger partial charge in [0.25, 0.3) is 0 Å². The van der Waals surface area contributed by atoms with Gasteiger partial charge in [0, 0.05) is 20.1 Å². The van der Waals surface area contributed by atoms with Gasteiger partial charge in [-0.2, -0.15) is 0 Å². The maximum atomic E-state index is 13.0. The second-order valence-electron chi connectivity index (χ2n) is 7.45. The zero-order chi connectivity index (χ0) is 18.6. The van der Waals surface area contributed by atoms with Gasteiger partial charge in [0.1, 0.15) is 5.82 Å². The lowest BCUT2D eigenvalue weighted by molar-refractivity contribution is -0.136. The third-order valence-corrected chi connectivity index (χ3v) is 5.31. The highest BCUT2D eigenvalue weighted by Crippen LogP contribution is 2.21. The molecule has 0 aliphatic carbocycles. The maximum Gasteiger partial charge on any atom is 0.227 e. The second kappa shape index (κ2) is 7.92. The molecule has 1 aromatic heterocycles. The summed E-state index contributed by atoms with van der Waals surface area (Å²) in [5, 5.41) is 0. The Hall–Kier alpha value is -2.66. The van der Waals surface area contributed by atoms with Gasteiger partial charge in [-0.1, -0.05) is 42.5 Å². The van der Waals surface area contributed by atoms with Crippen molar-refractivity contribution in [3.8, 4) is 0 Å². The molecule has 2 heterocycles. The van der Waals surface area contributed by atoms with E-state index in [2.05, 4.69) is 39.1 Å². The smallest absolute Gasteiger partial charge is 0.227 e. The van der Waals surface area contributed by atoms with Crippen LogP contribution in [0.2, 0.25) is 0 Å². The number of rotatable bonds is 5. The highest BCUT2D eigenvalue weighted by Gasteiger charge is 2.28. The third kappa shape index (κ3) is 4.19. The van der Waals surface area contributed by atoms with E-state index in [1.807, 2.05) is 42.3 Å². The average molecular weight is 362 g/mol. The number of para-hydroxylation sites is 2. The highest BCUT2D eigenvalue weighted by molar-refractivity contribution is 5.79. The van der Waals surface area contributed by atoms with Crippen LogP contribution in [0.15, 0.2) is 54.6 Å². The van der Waals surface area contributed by atoms with E-state index in [1.54, 1.807) is 0 Å². The van der Waals surface area contributed by atoms with Crippen LogP contribution in [0.3, 0.4) is 0 Å². The number of hydrogen-bond donors (Lipinski definition) is 1. The normalized spacial score (nSPS) is 17.9. The predicted octanol–water partition coefficient (Wildman–Crippen LogP) is 3.43. The number of amides is 1. The van der Waals surface area contributed by atoms with Crippen molar-refractivity contribution in [1.82, 2.24) is 19.8 Å². The summed E-state index contributed by atoms with van der Waals surface area (Å²) in [4.78, 5) is 25.1. The lowest BCUT2D eigenvalue weighted by Gasteiger charge is -2.33. The molecular weight excluding hydrogens is 336 g/mol. The number of piperidine rings is 1. The minimum Gasteiger partial charge on any atom is -0.340 e. The lowest BCUT2D eigenvalue weighted by atomic mass is 9.96. The first kappa shape index (κ1) is 17.7. The Balaban J connectivity index is 1.37. The molecule has 3 aromatic rings. The van der Waals surface area contributed by atoms with Gasteiger partial charge < -0.3 is 9.88 Å². The first-order valence-corrected chi connectivity index (χ1v) is 9.64. The molecule has 1 unspecified atom stereocenters. The van der Waals surface area contributed by atoms with E-state index in [0.717, 1.165) is 49.3 Å². The van der Waals surface area contributed by atoms with E-state index < -0.39 is 0 Å². The molecule has 0 radical (unpaired) electrons. The van der Waals surface area contributed by atoms with Crippen molar-refractivity contribution in [1.29, 1.82) is 0 Å². The summed E-state index contributed by atoms with van der Waals surface area (Å²) in [5.41, 5.74) is 3.27. The van der Waals surface area contributed by atoms with E-state index in [0.29, 0.717) is 6.54 Å². The molecule has 1 amide bonds. The molecule has 5 nitrogen and oxygen atoms in total. The number of fused-ring (bicyclic) bond motifs is 1. The molecule has 5 heteroatoms. The summed E-state index contributed by atoms with van der Waals surface area (Å²) < 4.78 is 0. The van der Waals surface area contributed by atoms with Gasteiger partial charge in [0.15, 0.2) is 0 Å². The Kier molecular flexibility index (Phi) is 5.21. The zero-order valence-corrected chi connectivity index (χ0v) is 15.8. The third-order valence-electron chi connectivity index (χ3n) is 5.31. The molecule has 140 valence electrons. The number of H-pyrrole nitrogens is 1. The summed E-state index contributed by atoms with van der Waals surface area (Å²) in [5.74, 6) is 1.12. The van der Waals surface area contributed by atoms with Crippen LogP contribution in [-0.2, 0) is 17.9 Å². The number of nitrogens with zero attached hydrogens (tertiary/aromatic N) is 3. The Morgan fingerprint density at radius 1 is 1.19 bits per heavy atom. The zero-order valence-electron chi connectivity index (χ0n) is 15.8. The van der Waals surface area contributed by atoms with Gasteiger partial charge in [-0.25, -0.2) is 4.98 Å². The van der Waals surface area contributed by atoms with Crippen LogP contribution in [0.25, 0.3) is 11.0 Å². The molecule has 1 fully saturated rings. The van der Waals surface area contributed by atoms with Crippen molar-refractivity contribution < 1.29 is 4.79 Å². The molecule has 27 heavy (non-hydrogen) atoms. The largest absolute Gasteiger partial charge is 0.340 e. The summed E-state index contributed by atoms with van der Waals surface area (Å²) >= 11 is 0. The minimum absolute atomic E-state index is 0.0665. The van der Waals surface area contributed by atoms with Crippen molar-refractivity contribution in [2.45, 2.75) is 25.9 Å². The van der Waals surface area contributed by atoms with Crippen LogP contribution in [0.1, 0.15) is 24.2 Å². The van der Waals surface area contributed by atoms with E-state index in [-0.39, 0.29) is 11.8 Å². The number of carbonyl (C=O) groups is 1. The van der Waals surface area contributed by atoms with E-state index in [1.165, 1.54) is 5.56 Å². The fourth-order valence-electron chi connectivity index (χ4n) is 3.94. The number of hydrogen-bond acceptors (Lipinski definition) is 3. The van der Waals surface area contributed by atoms with Crippen LogP contribution in [-0.4, -0.2) is 45.8 Å². The standard InChI is InChI=1S/C22H26N4O/c1-25(16-21-23-19-11-5-6-12-20(19)24-21)22(27)18-10-7-13-26(15-18)14-17-8-3-2-4-9-17/h2-6,8-9,11-12,18H,7,10,13-16H2,1H3,(H,23,24). The minimum atomic E-state index is 0.0665. The van der Waals surface area contributed by atoms with Crippen LogP contribution >= 0.6 is 0 Å². The van der Waals surface area contributed by atoms with Gasteiger partial charge in [-0.05, 0) is 37.1 Å². The topological polar surface area (TPSA) is 52.2 Å². The van der Waals surface area contributed by atoms with Gasteiger partial charge in [0.2, 0.25) is 5.91 Å². The van der Waals surface area contributed by atoms with Gasteiger partial charge in [0.05, 0.1) is 23.5 Å². The molecule has 2 aromatic carbocycles. The first-order chi connectivity index (χ1) is 13.2. The molecule has 1 atom stereocenters. The van der Waals surface area contributed by atoms with Crippen LogP contribution in [0.5, 0.6) is 0 Å². The Morgan fingerprint density at radius 3 is 2.78 bits per heavy atom. The molecule has 0 saturated carbocycles. The van der Waals surface area contributed by atoms with Crippen LogP contribution < -0.4 is 0 Å². The molecule has 4 rings (SSSR count). The number of nitrogens with one attached hydrogen (secondary N) is 1.